The van der Waals surface area contributed by atoms with Crippen LogP contribution in [0.25, 0.3) is 10.9 Å². The number of pyridine rings is 1. The van der Waals surface area contributed by atoms with Crippen LogP contribution in [0.15, 0.2) is 59.5 Å². The van der Waals surface area contributed by atoms with Gasteiger partial charge in [0.25, 0.3) is 11.5 Å². The fraction of sp³-hybridized carbons (Fsp3) is 0.0909. The van der Waals surface area contributed by atoms with E-state index in [-0.39, 0.29) is 28.6 Å². The van der Waals surface area contributed by atoms with E-state index in [0.29, 0.717) is 14.5 Å². The monoisotopic (exact) mass is 596 g/mol. The van der Waals surface area contributed by atoms with Gasteiger partial charge in [0.05, 0.1) is 17.5 Å². The maximum absolute atomic E-state index is 14.5. The molecular weight excluding hydrogens is 578 g/mol. The molecule has 0 saturated heterocycles. The molecule has 3 N–H and O–H groups in total. The number of rotatable bonds is 6. The number of benzene rings is 2. The number of halogens is 2. The SMILES string of the molecule is Cn1c(Nc2ccc(I)cc2F)c(C(N)=O)c(Oc2cccc3c2ccn3S(C)(=O)=O)cc1=O. The molecule has 4 aromatic rings. The molecule has 34 heavy (non-hydrogen) atoms. The summed E-state index contributed by atoms with van der Waals surface area (Å²) in [6.07, 6.45) is 2.44. The van der Waals surface area contributed by atoms with Gasteiger partial charge in [-0.15, -0.1) is 0 Å². The number of carbonyl (C=O) groups excluding carboxylic acids is 1. The van der Waals surface area contributed by atoms with E-state index in [2.05, 4.69) is 5.32 Å². The van der Waals surface area contributed by atoms with Gasteiger partial charge in [-0.1, -0.05) is 6.07 Å². The van der Waals surface area contributed by atoms with Crippen LogP contribution in [0.5, 0.6) is 11.5 Å². The molecule has 0 radical (unpaired) electrons. The van der Waals surface area contributed by atoms with Crippen LogP contribution >= 0.6 is 22.6 Å². The Labute approximate surface area is 207 Å². The Balaban J connectivity index is 1.87. The Kier molecular flexibility index (Phi) is 6.12. The number of hydrogen-bond donors (Lipinski definition) is 2. The van der Waals surface area contributed by atoms with E-state index in [1.807, 2.05) is 22.6 Å². The average molecular weight is 596 g/mol. The Bertz CT molecular complexity index is 1630. The normalized spacial score (nSPS) is 11.5. The zero-order valence-electron chi connectivity index (χ0n) is 17.9. The second kappa shape index (κ2) is 8.76. The Hall–Kier alpha value is -3.39. The predicted octanol–water partition coefficient (Wildman–Crippen LogP) is 3.53. The number of nitrogens with zero attached hydrogens (tertiary/aromatic N) is 2. The maximum Gasteiger partial charge on any atom is 0.256 e. The van der Waals surface area contributed by atoms with Crippen molar-refractivity contribution in [2.24, 2.45) is 12.8 Å². The van der Waals surface area contributed by atoms with E-state index in [4.69, 9.17) is 10.5 Å². The van der Waals surface area contributed by atoms with Crippen molar-refractivity contribution in [2.45, 2.75) is 0 Å². The lowest BCUT2D eigenvalue weighted by Crippen LogP contribution is -2.25. The molecule has 0 aliphatic rings. The molecular formula is C22H18FIN4O5S. The fourth-order valence-electron chi connectivity index (χ4n) is 3.47. The average Bonchev–Trinajstić information content (AvgIpc) is 3.19. The third kappa shape index (κ3) is 4.37. The highest BCUT2D eigenvalue weighted by Crippen LogP contribution is 2.35. The molecule has 0 fully saturated rings. The number of hydrogen-bond acceptors (Lipinski definition) is 6. The molecule has 0 aliphatic heterocycles. The minimum atomic E-state index is -3.57. The zero-order chi connectivity index (χ0) is 24.8. The number of anilines is 2. The fourth-order valence-corrected chi connectivity index (χ4v) is 4.72. The standard InChI is InChI=1S/C22H18FIN4O5S/c1-27-19(29)11-18(20(21(25)30)22(27)26-15-7-6-12(24)10-14(15)23)33-17-5-3-4-16-13(17)8-9-28(16)34(2,31)32/h3-11,26H,1-2H3,(H2,25,30). The number of carbonyl (C=O) groups is 1. The van der Waals surface area contributed by atoms with E-state index in [1.165, 1.54) is 31.4 Å². The second-order valence-corrected chi connectivity index (χ2v) is 10.5. The van der Waals surface area contributed by atoms with Gasteiger partial charge in [-0.05, 0) is 59.0 Å². The first-order valence-corrected chi connectivity index (χ1v) is 12.6. The van der Waals surface area contributed by atoms with Crippen molar-refractivity contribution in [2.75, 3.05) is 11.6 Å². The highest BCUT2D eigenvalue weighted by Gasteiger charge is 2.23. The van der Waals surface area contributed by atoms with Gasteiger partial charge in [-0.2, -0.15) is 0 Å². The highest BCUT2D eigenvalue weighted by molar-refractivity contribution is 14.1. The van der Waals surface area contributed by atoms with Crippen molar-refractivity contribution < 1.29 is 22.3 Å². The quantitative estimate of drug-likeness (QED) is 0.328. The number of amides is 1. The Morgan fingerprint density at radius 1 is 1.15 bits per heavy atom. The lowest BCUT2D eigenvalue weighted by molar-refractivity contribution is 0.0998. The van der Waals surface area contributed by atoms with E-state index in [0.717, 1.165) is 20.9 Å². The number of nitrogens with one attached hydrogen (secondary N) is 1. The minimum absolute atomic E-state index is 0.0300. The summed E-state index contributed by atoms with van der Waals surface area (Å²) < 4.78 is 47.3. The van der Waals surface area contributed by atoms with Gasteiger partial charge >= 0.3 is 0 Å². The number of nitrogens with two attached hydrogens (primary N) is 1. The zero-order valence-corrected chi connectivity index (χ0v) is 20.8. The van der Waals surface area contributed by atoms with Gasteiger partial charge in [0.1, 0.15) is 28.7 Å². The summed E-state index contributed by atoms with van der Waals surface area (Å²) in [5, 5.41) is 3.20. The molecule has 9 nitrogen and oxygen atoms in total. The first-order valence-electron chi connectivity index (χ1n) is 9.71. The third-order valence-corrected chi connectivity index (χ3v) is 6.77. The van der Waals surface area contributed by atoms with Gasteiger partial charge in [-0.25, -0.2) is 16.8 Å². The van der Waals surface area contributed by atoms with Crippen molar-refractivity contribution in [3.63, 3.8) is 0 Å². The molecule has 0 spiro atoms. The predicted molar refractivity (Wildman–Crippen MR) is 135 cm³/mol. The van der Waals surface area contributed by atoms with Crippen LogP contribution in [0.1, 0.15) is 10.4 Å². The van der Waals surface area contributed by atoms with Crippen LogP contribution < -0.4 is 21.3 Å². The van der Waals surface area contributed by atoms with E-state index in [1.54, 1.807) is 24.3 Å². The summed E-state index contributed by atoms with van der Waals surface area (Å²) in [6.45, 7) is 0. The van der Waals surface area contributed by atoms with Gasteiger partial charge < -0.3 is 15.8 Å². The topological polar surface area (TPSA) is 125 Å². The van der Waals surface area contributed by atoms with Crippen LogP contribution in [0.3, 0.4) is 0 Å². The van der Waals surface area contributed by atoms with Gasteiger partial charge in [0, 0.05) is 28.3 Å². The number of primary amides is 1. The summed E-state index contributed by atoms with van der Waals surface area (Å²) >= 11 is 1.96. The van der Waals surface area contributed by atoms with Crippen molar-refractivity contribution >= 4 is 60.9 Å². The van der Waals surface area contributed by atoms with E-state index in [9.17, 15) is 22.4 Å². The van der Waals surface area contributed by atoms with Crippen LogP contribution in [-0.2, 0) is 17.1 Å². The van der Waals surface area contributed by atoms with E-state index >= 15 is 0 Å². The van der Waals surface area contributed by atoms with E-state index < -0.39 is 27.3 Å². The number of fused-ring (bicyclic) bond motifs is 1. The van der Waals surface area contributed by atoms with Gasteiger partial charge in [0.2, 0.25) is 10.0 Å². The Morgan fingerprint density at radius 3 is 2.53 bits per heavy atom. The lowest BCUT2D eigenvalue weighted by Gasteiger charge is -2.18. The molecule has 0 saturated carbocycles. The van der Waals surface area contributed by atoms with Gasteiger partial charge in [-0.3, -0.25) is 14.2 Å². The van der Waals surface area contributed by atoms with Crippen molar-refractivity contribution in [1.29, 1.82) is 0 Å². The number of ether oxygens (including phenoxy) is 1. The van der Waals surface area contributed by atoms with Crippen LogP contribution in [0.4, 0.5) is 15.9 Å². The summed E-state index contributed by atoms with van der Waals surface area (Å²) in [7, 11) is -2.17. The number of aromatic nitrogens is 2. The van der Waals surface area contributed by atoms with Crippen LogP contribution in [0.2, 0.25) is 0 Å². The first kappa shape index (κ1) is 23.8. The molecule has 0 unspecified atom stereocenters. The summed E-state index contributed by atoms with van der Waals surface area (Å²) in [5.74, 6) is -1.53. The molecule has 1 amide bonds. The first-order chi connectivity index (χ1) is 16.0. The maximum atomic E-state index is 14.5. The van der Waals surface area contributed by atoms with Gasteiger partial charge in [0.15, 0.2) is 0 Å². The highest BCUT2D eigenvalue weighted by atomic mass is 127. The molecule has 2 aromatic carbocycles. The molecule has 0 atom stereocenters. The molecule has 4 rings (SSSR count). The smallest absolute Gasteiger partial charge is 0.256 e. The van der Waals surface area contributed by atoms with Crippen molar-refractivity contribution in [1.82, 2.24) is 8.54 Å². The molecule has 2 heterocycles. The van der Waals surface area contributed by atoms with Crippen LogP contribution in [0, 0.1) is 9.39 Å². The summed E-state index contributed by atoms with van der Waals surface area (Å²) in [6, 6.07) is 11.8. The van der Waals surface area contributed by atoms with Crippen molar-refractivity contribution in [3.8, 4) is 11.5 Å². The lowest BCUT2D eigenvalue weighted by atomic mass is 10.2. The molecule has 0 bridgehead atoms. The molecule has 2 aromatic heterocycles. The molecule has 12 heteroatoms. The second-order valence-electron chi connectivity index (χ2n) is 7.41. The largest absolute Gasteiger partial charge is 0.455 e. The van der Waals surface area contributed by atoms with Crippen LogP contribution in [-0.4, -0.2) is 29.1 Å². The Morgan fingerprint density at radius 2 is 1.88 bits per heavy atom. The molecule has 0 aliphatic carbocycles. The third-order valence-electron chi connectivity index (χ3n) is 5.07. The minimum Gasteiger partial charge on any atom is -0.455 e. The van der Waals surface area contributed by atoms with Crippen molar-refractivity contribution in [3.05, 3.63) is 80.0 Å². The summed E-state index contributed by atoms with van der Waals surface area (Å²) in [5.41, 5.74) is 5.28. The molecule has 176 valence electrons. The summed E-state index contributed by atoms with van der Waals surface area (Å²) in [4.78, 5) is 25.1.